The first kappa shape index (κ1) is 14.3. The van der Waals surface area contributed by atoms with Crippen molar-refractivity contribution in [3.05, 3.63) is 0 Å². The lowest BCUT2D eigenvalue weighted by Crippen LogP contribution is -2.47. The van der Waals surface area contributed by atoms with Crippen LogP contribution >= 0.6 is 0 Å². The van der Waals surface area contributed by atoms with E-state index in [4.69, 9.17) is 4.74 Å². The lowest BCUT2D eigenvalue weighted by atomic mass is 9.73. The van der Waals surface area contributed by atoms with E-state index >= 15 is 0 Å². The molecule has 3 nitrogen and oxygen atoms in total. The van der Waals surface area contributed by atoms with E-state index in [1.54, 1.807) is 0 Å². The summed E-state index contributed by atoms with van der Waals surface area (Å²) in [7, 11) is 3.96. The molecule has 1 aliphatic heterocycles. The molecule has 0 unspecified atom stereocenters. The van der Waals surface area contributed by atoms with Gasteiger partial charge in [-0.05, 0) is 38.1 Å². The third-order valence-corrected chi connectivity index (χ3v) is 4.89. The Balaban J connectivity index is 1.85. The summed E-state index contributed by atoms with van der Waals surface area (Å²) < 4.78 is 5.46. The van der Waals surface area contributed by atoms with Crippen molar-refractivity contribution in [1.29, 1.82) is 0 Å². The van der Waals surface area contributed by atoms with E-state index in [2.05, 4.69) is 17.3 Å². The molecule has 0 aromatic carbocycles. The van der Waals surface area contributed by atoms with Gasteiger partial charge in [0.15, 0.2) is 0 Å². The monoisotopic (exact) mass is 254 g/mol. The Hall–Kier alpha value is -0.120. The summed E-state index contributed by atoms with van der Waals surface area (Å²) in [6, 6.07) is 0. The molecule has 1 heterocycles. The Kier molecular flexibility index (Phi) is 5.46. The minimum atomic E-state index is 0.507. The number of methoxy groups -OCH3 is 1. The smallest absolute Gasteiger partial charge is 0.0595 e. The first-order valence-corrected chi connectivity index (χ1v) is 7.68. The predicted molar refractivity (Wildman–Crippen MR) is 75.9 cm³/mol. The maximum atomic E-state index is 5.46. The van der Waals surface area contributed by atoms with Gasteiger partial charge in [-0.25, -0.2) is 0 Å². The summed E-state index contributed by atoms with van der Waals surface area (Å²) in [4.78, 5) is 2.68. The van der Waals surface area contributed by atoms with Crippen molar-refractivity contribution in [1.82, 2.24) is 10.2 Å². The van der Waals surface area contributed by atoms with Crippen molar-refractivity contribution in [3.8, 4) is 0 Å². The van der Waals surface area contributed by atoms with Gasteiger partial charge in [-0.3, -0.25) is 0 Å². The average molecular weight is 254 g/mol. The number of hydrogen-bond acceptors (Lipinski definition) is 3. The van der Waals surface area contributed by atoms with E-state index in [-0.39, 0.29) is 0 Å². The third kappa shape index (κ3) is 3.69. The highest BCUT2D eigenvalue weighted by atomic mass is 16.5. The van der Waals surface area contributed by atoms with Crippen LogP contribution in [0.15, 0.2) is 0 Å². The van der Waals surface area contributed by atoms with Gasteiger partial charge in [0.25, 0.3) is 0 Å². The summed E-state index contributed by atoms with van der Waals surface area (Å²) in [5.74, 6) is 0. The zero-order valence-electron chi connectivity index (χ0n) is 12.2. The molecule has 0 aromatic rings. The zero-order valence-corrected chi connectivity index (χ0v) is 12.2. The summed E-state index contributed by atoms with van der Waals surface area (Å²) in [6.07, 6.45) is 10.1. The lowest BCUT2D eigenvalue weighted by molar-refractivity contribution is 0.0191. The van der Waals surface area contributed by atoms with Crippen LogP contribution in [0.4, 0.5) is 0 Å². The molecule has 0 bridgehead atoms. The van der Waals surface area contributed by atoms with Crippen LogP contribution in [-0.4, -0.2) is 51.3 Å². The fraction of sp³-hybridized carbons (Fsp3) is 1.00. The van der Waals surface area contributed by atoms with Crippen molar-refractivity contribution in [2.75, 3.05) is 40.3 Å². The molecular formula is C15H30N2O. The van der Waals surface area contributed by atoms with Crippen LogP contribution in [0.25, 0.3) is 0 Å². The molecule has 3 heteroatoms. The number of likely N-dealkylation sites (tertiary alicyclic amines) is 1. The van der Waals surface area contributed by atoms with E-state index < -0.39 is 0 Å². The summed E-state index contributed by atoms with van der Waals surface area (Å²) in [5, 5.41) is 3.44. The van der Waals surface area contributed by atoms with Crippen LogP contribution in [0, 0.1) is 5.41 Å². The van der Waals surface area contributed by atoms with Gasteiger partial charge in [-0.1, -0.05) is 19.3 Å². The highest BCUT2D eigenvalue weighted by molar-refractivity contribution is 4.88. The molecule has 106 valence electrons. The van der Waals surface area contributed by atoms with Gasteiger partial charge in [0.05, 0.1) is 6.10 Å². The predicted octanol–water partition coefficient (Wildman–Crippen LogP) is 2.27. The largest absolute Gasteiger partial charge is 0.381 e. The van der Waals surface area contributed by atoms with Gasteiger partial charge in [-0.2, -0.15) is 0 Å². The number of hydrogen-bond donors (Lipinski definition) is 1. The summed E-state index contributed by atoms with van der Waals surface area (Å²) >= 11 is 0. The van der Waals surface area contributed by atoms with E-state index in [0.717, 1.165) is 0 Å². The molecule has 0 aromatic heterocycles. The summed E-state index contributed by atoms with van der Waals surface area (Å²) in [6.45, 7) is 4.94. The maximum Gasteiger partial charge on any atom is 0.0595 e. The van der Waals surface area contributed by atoms with E-state index in [9.17, 15) is 0 Å². The van der Waals surface area contributed by atoms with Crippen molar-refractivity contribution >= 4 is 0 Å². The normalized spacial score (nSPS) is 26.3. The van der Waals surface area contributed by atoms with Crippen LogP contribution in [-0.2, 0) is 4.74 Å². The number of piperidine rings is 1. The van der Waals surface area contributed by atoms with Crippen molar-refractivity contribution in [3.63, 3.8) is 0 Å². The van der Waals surface area contributed by atoms with Gasteiger partial charge >= 0.3 is 0 Å². The minimum absolute atomic E-state index is 0.507. The highest BCUT2D eigenvalue weighted by Crippen LogP contribution is 2.37. The Labute approximate surface area is 112 Å². The van der Waals surface area contributed by atoms with Crippen LogP contribution in [0.2, 0.25) is 0 Å². The number of nitrogens with one attached hydrogen (secondary N) is 1. The molecular weight excluding hydrogens is 224 g/mol. The second-order valence-corrected chi connectivity index (χ2v) is 6.30. The van der Waals surface area contributed by atoms with Gasteiger partial charge < -0.3 is 15.0 Å². The van der Waals surface area contributed by atoms with Crippen molar-refractivity contribution in [2.24, 2.45) is 5.41 Å². The van der Waals surface area contributed by atoms with E-state index in [1.165, 1.54) is 71.1 Å². The molecule has 1 N–H and O–H groups in total. The molecule has 18 heavy (non-hydrogen) atoms. The molecule has 0 radical (unpaired) electrons. The SMILES string of the molecule is CNCC1(CN2CCC(OC)CC2)CCCCC1. The fourth-order valence-electron chi connectivity index (χ4n) is 3.84. The quantitative estimate of drug-likeness (QED) is 0.814. The topological polar surface area (TPSA) is 24.5 Å². The molecule has 0 spiro atoms. The molecule has 1 saturated carbocycles. The van der Waals surface area contributed by atoms with Gasteiger partial charge in [0.1, 0.15) is 0 Å². The van der Waals surface area contributed by atoms with Crippen molar-refractivity contribution < 1.29 is 4.74 Å². The summed E-state index contributed by atoms with van der Waals surface area (Å²) in [5.41, 5.74) is 0.549. The fourth-order valence-corrected chi connectivity index (χ4v) is 3.84. The molecule has 1 saturated heterocycles. The molecule has 2 aliphatic rings. The zero-order chi connectivity index (χ0) is 12.8. The van der Waals surface area contributed by atoms with Crippen LogP contribution < -0.4 is 5.32 Å². The lowest BCUT2D eigenvalue weighted by Gasteiger charge is -2.43. The molecule has 1 aliphatic carbocycles. The highest BCUT2D eigenvalue weighted by Gasteiger charge is 2.34. The second-order valence-electron chi connectivity index (χ2n) is 6.30. The molecule has 2 fully saturated rings. The second kappa shape index (κ2) is 6.88. The van der Waals surface area contributed by atoms with Crippen LogP contribution in [0.1, 0.15) is 44.9 Å². The molecule has 0 atom stereocenters. The minimum Gasteiger partial charge on any atom is -0.381 e. The standard InChI is InChI=1S/C15H30N2O/c1-16-12-15(8-4-3-5-9-15)13-17-10-6-14(18-2)7-11-17/h14,16H,3-13H2,1-2H3. The first-order chi connectivity index (χ1) is 8.78. The Morgan fingerprint density at radius 3 is 2.39 bits per heavy atom. The van der Waals surface area contributed by atoms with Crippen LogP contribution in [0.5, 0.6) is 0 Å². The number of rotatable bonds is 5. The molecule has 2 rings (SSSR count). The van der Waals surface area contributed by atoms with Gasteiger partial charge in [0, 0.05) is 33.3 Å². The maximum absolute atomic E-state index is 5.46. The first-order valence-electron chi connectivity index (χ1n) is 7.68. The number of nitrogens with zero attached hydrogens (tertiary/aromatic N) is 1. The average Bonchev–Trinajstić information content (AvgIpc) is 2.41. The van der Waals surface area contributed by atoms with Crippen molar-refractivity contribution in [2.45, 2.75) is 51.0 Å². The Morgan fingerprint density at radius 1 is 1.17 bits per heavy atom. The number of ether oxygens (including phenoxy) is 1. The van der Waals surface area contributed by atoms with E-state index in [0.29, 0.717) is 11.5 Å². The Morgan fingerprint density at radius 2 is 1.83 bits per heavy atom. The van der Waals surface area contributed by atoms with Crippen LogP contribution in [0.3, 0.4) is 0 Å². The molecule has 0 amide bonds. The van der Waals surface area contributed by atoms with Gasteiger partial charge in [-0.15, -0.1) is 0 Å². The van der Waals surface area contributed by atoms with E-state index in [1.807, 2.05) is 7.11 Å². The van der Waals surface area contributed by atoms with Gasteiger partial charge in [0.2, 0.25) is 0 Å². The Bertz CT molecular complexity index is 225. The third-order valence-electron chi connectivity index (χ3n) is 4.89.